The first kappa shape index (κ1) is 14.2. The third-order valence-corrected chi connectivity index (χ3v) is 3.36. The summed E-state index contributed by atoms with van der Waals surface area (Å²) in [4.78, 5) is 4.73. The van der Waals surface area contributed by atoms with Gasteiger partial charge in [-0.2, -0.15) is 0 Å². The lowest BCUT2D eigenvalue weighted by molar-refractivity contribution is 0.199. The Hall–Kier alpha value is -0.870. The summed E-state index contributed by atoms with van der Waals surface area (Å²) in [5.74, 6) is 0.885. The Morgan fingerprint density at radius 1 is 1.35 bits per heavy atom. The Labute approximate surface area is 105 Å². The van der Waals surface area contributed by atoms with Gasteiger partial charge in [-0.25, -0.2) is 0 Å². The van der Waals surface area contributed by atoms with Gasteiger partial charge in [0.2, 0.25) is 0 Å². The third-order valence-electron chi connectivity index (χ3n) is 3.36. The Bertz CT molecular complexity index is 283. The van der Waals surface area contributed by atoms with Crippen molar-refractivity contribution in [2.45, 2.75) is 33.2 Å². The summed E-state index contributed by atoms with van der Waals surface area (Å²) in [7, 11) is 2.12. The normalized spacial score (nSPS) is 13.5. The number of nitrogens with zero attached hydrogens (tertiary/aromatic N) is 3. The highest BCUT2D eigenvalue weighted by atomic mass is 16.5. The molecular formula is C13H24N3O. The molecule has 0 saturated carbocycles. The molecule has 1 heterocycles. The van der Waals surface area contributed by atoms with Crippen LogP contribution in [0.4, 0.5) is 0 Å². The van der Waals surface area contributed by atoms with Crippen LogP contribution in [0.15, 0.2) is 10.6 Å². The van der Waals surface area contributed by atoms with E-state index in [2.05, 4.69) is 49.0 Å². The van der Waals surface area contributed by atoms with Crippen molar-refractivity contribution in [1.82, 2.24) is 15.0 Å². The van der Waals surface area contributed by atoms with Crippen LogP contribution in [0.1, 0.15) is 39.0 Å². The van der Waals surface area contributed by atoms with E-state index in [0.717, 1.165) is 31.9 Å². The van der Waals surface area contributed by atoms with Gasteiger partial charge in [0.25, 0.3) is 0 Å². The smallest absolute Gasteiger partial charge is 0.154 e. The molecule has 1 rings (SSSR count). The van der Waals surface area contributed by atoms with E-state index >= 15 is 0 Å². The highest BCUT2D eigenvalue weighted by molar-refractivity contribution is 4.98. The second-order valence-electron chi connectivity index (χ2n) is 4.40. The predicted molar refractivity (Wildman–Crippen MR) is 68.8 cm³/mol. The average molecular weight is 238 g/mol. The predicted octanol–water partition coefficient (Wildman–Crippen LogP) is 2.20. The van der Waals surface area contributed by atoms with Crippen LogP contribution in [0.5, 0.6) is 0 Å². The first-order valence-corrected chi connectivity index (χ1v) is 6.44. The van der Waals surface area contributed by atoms with Crippen LogP contribution in [0, 0.1) is 6.20 Å². The van der Waals surface area contributed by atoms with Gasteiger partial charge in [-0.1, -0.05) is 19.0 Å². The maximum absolute atomic E-state index is 5.13. The number of rotatable bonds is 8. The molecule has 0 N–H and O–H groups in total. The van der Waals surface area contributed by atoms with Gasteiger partial charge in [0, 0.05) is 6.07 Å². The molecule has 1 aromatic heterocycles. The Morgan fingerprint density at radius 3 is 2.59 bits per heavy atom. The van der Waals surface area contributed by atoms with Gasteiger partial charge in [-0.15, -0.1) is 0 Å². The first-order valence-electron chi connectivity index (χ1n) is 6.44. The molecule has 1 atom stereocenters. The topological polar surface area (TPSA) is 32.5 Å². The van der Waals surface area contributed by atoms with Gasteiger partial charge < -0.3 is 9.42 Å². The summed E-state index contributed by atoms with van der Waals surface area (Å²) in [5.41, 5.74) is 0. The maximum Gasteiger partial charge on any atom is 0.154 e. The van der Waals surface area contributed by atoms with Crippen LogP contribution < -0.4 is 0 Å². The molecule has 0 fully saturated rings. The monoisotopic (exact) mass is 238 g/mol. The molecule has 4 heteroatoms. The summed E-state index contributed by atoms with van der Waals surface area (Å²) in [6.07, 6.45) is 3.89. The van der Waals surface area contributed by atoms with Crippen LogP contribution >= 0.6 is 0 Å². The lowest BCUT2D eigenvalue weighted by atomic mass is 10.2. The third kappa shape index (κ3) is 4.48. The summed E-state index contributed by atoms with van der Waals surface area (Å²) in [6.45, 7) is 11.0. The minimum Gasteiger partial charge on any atom is -0.359 e. The fourth-order valence-corrected chi connectivity index (χ4v) is 1.89. The van der Waals surface area contributed by atoms with Crippen LogP contribution in [-0.2, 0) is 0 Å². The Balaban J connectivity index is 2.27. The Morgan fingerprint density at radius 2 is 2.06 bits per heavy atom. The summed E-state index contributed by atoms with van der Waals surface area (Å²) < 4.78 is 5.13. The molecule has 97 valence electrons. The van der Waals surface area contributed by atoms with Crippen molar-refractivity contribution in [3.8, 4) is 0 Å². The SMILES string of the molecule is CCN(CC)CCCN(C)C(C)c1c[c]no1. The Kier molecular flexibility index (Phi) is 6.22. The van der Waals surface area contributed by atoms with Gasteiger partial charge in [0.05, 0.1) is 6.04 Å². The fraction of sp³-hybridized carbons (Fsp3) is 0.769. The highest BCUT2D eigenvalue weighted by Gasteiger charge is 2.14. The zero-order valence-corrected chi connectivity index (χ0v) is 11.4. The van der Waals surface area contributed by atoms with E-state index in [1.54, 1.807) is 0 Å². The van der Waals surface area contributed by atoms with E-state index in [-0.39, 0.29) is 6.04 Å². The molecule has 1 unspecified atom stereocenters. The van der Waals surface area contributed by atoms with Gasteiger partial charge in [0.1, 0.15) is 6.20 Å². The maximum atomic E-state index is 5.13. The van der Waals surface area contributed by atoms with Crippen LogP contribution in [0.3, 0.4) is 0 Å². The fourth-order valence-electron chi connectivity index (χ4n) is 1.89. The van der Waals surface area contributed by atoms with Crippen molar-refractivity contribution < 1.29 is 4.52 Å². The average Bonchev–Trinajstić information content (AvgIpc) is 2.87. The summed E-state index contributed by atoms with van der Waals surface area (Å²) in [5, 5.41) is 3.63. The van der Waals surface area contributed by atoms with E-state index in [0.29, 0.717) is 0 Å². The van der Waals surface area contributed by atoms with E-state index < -0.39 is 0 Å². The molecule has 17 heavy (non-hydrogen) atoms. The zero-order valence-electron chi connectivity index (χ0n) is 11.4. The van der Waals surface area contributed by atoms with Crippen molar-refractivity contribution in [3.63, 3.8) is 0 Å². The molecule has 0 amide bonds. The molecule has 0 aliphatic carbocycles. The van der Waals surface area contributed by atoms with Crippen LogP contribution in [-0.4, -0.2) is 48.2 Å². The summed E-state index contributed by atoms with van der Waals surface area (Å²) >= 11 is 0. The van der Waals surface area contributed by atoms with Gasteiger partial charge in [-0.3, -0.25) is 4.90 Å². The van der Waals surface area contributed by atoms with Crippen molar-refractivity contribution in [1.29, 1.82) is 0 Å². The second-order valence-corrected chi connectivity index (χ2v) is 4.40. The van der Waals surface area contributed by atoms with Gasteiger partial charge in [0.15, 0.2) is 5.76 Å². The number of aromatic nitrogens is 1. The van der Waals surface area contributed by atoms with Crippen molar-refractivity contribution >= 4 is 0 Å². The largest absolute Gasteiger partial charge is 0.359 e. The minimum absolute atomic E-state index is 0.269. The standard InChI is InChI=1S/C13H24N3O/c1-5-16(6-2)11-7-10-15(4)12(3)13-8-9-14-17-13/h8,12H,5-7,10-11H2,1-4H3. The second kappa shape index (κ2) is 7.45. The molecule has 0 spiro atoms. The molecular weight excluding hydrogens is 214 g/mol. The van der Waals surface area contributed by atoms with Crippen molar-refractivity contribution in [3.05, 3.63) is 18.0 Å². The molecule has 0 aromatic carbocycles. The minimum atomic E-state index is 0.269. The highest BCUT2D eigenvalue weighted by Crippen LogP contribution is 2.17. The first-order chi connectivity index (χ1) is 8.19. The van der Waals surface area contributed by atoms with Crippen molar-refractivity contribution in [2.75, 3.05) is 33.2 Å². The lowest BCUT2D eigenvalue weighted by Crippen LogP contribution is -2.29. The quantitative estimate of drug-likeness (QED) is 0.695. The molecule has 4 nitrogen and oxygen atoms in total. The van der Waals surface area contributed by atoms with E-state index in [9.17, 15) is 0 Å². The molecule has 0 aliphatic rings. The van der Waals surface area contributed by atoms with Crippen LogP contribution in [0.25, 0.3) is 0 Å². The molecule has 1 aromatic rings. The number of hydrogen-bond donors (Lipinski definition) is 0. The summed E-state index contributed by atoms with van der Waals surface area (Å²) in [6, 6.07) is 2.08. The zero-order chi connectivity index (χ0) is 12.7. The van der Waals surface area contributed by atoms with Crippen LogP contribution in [0.2, 0.25) is 0 Å². The molecule has 0 bridgehead atoms. The molecule has 1 radical (unpaired) electrons. The molecule has 0 aliphatic heterocycles. The molecule has 0 saturated heterocycles. The van der Waals surface area contributed by atoms with Gasteiger partial charge >= 0.3 is 0 Å². The van der Waals surface area contributed by atoms with Crippen molar-refractivity contribution in [2.24, 2.45) is 0 Å². The van der Waals surface area contributed by atoms with E-state index in [1.807, 2.05) is 6.07 Å². The van der Waals surface area contributed by atoms with E-state index in [1.165, 1.54) is 6.42 Å². The lowest BCUT2D eigenvalue weighted by Gasteiger charge is -2.24. The van der Waals surface area contributed by atoms with Gasteiger partial charge in [-0.05, 0) is 46.6 Å². The van der Waals surface area contributed by atoms with E-state index in [4.69, 9.17) is 4.52 Å². The number of hydrogen-bond acceptors (Lipinski definition) is 4.